The number of nitro groups is 1. The quantitative estimate of drug-likeness (QED) is 0.291. The van der Waals surface area contributed by atoms with Crippen molar-refractivity contribution in [2.45, 2.75) is 42.5 Å². The number of ether oxygens (including phenoxy) is 2. The van der Waals surface area contributed by atoms with Crippen molar-refractivity contribution in [1.82, 2.24) is 4.90 Å². The van der Waals surface area contributed by atoms with Crippen molar-refractivity contribution in [1.29, 1.82) is 0 Å². The van der Waals surface area contributed by atoms with Crippen LogP contribution in [0.2, 0.25) is 0 Å². The van der Waals surface area contributed by atoms with Gasteiger partial charge in [-0.25, -0.2) is 4.48 Å². The number of likely N-dealkylation sites (tertiary alicyclic amines) is 2. The standard InChI is InChI=1S/C26H33N4O6S.ClH/c1-30(26(32)36-16-18-3-7-21(8-4-18)29(33)34)15-23(37-17-19-5-9-22(35-2)10-6-19)13-24(30)25(31)28-12-11-20(27)14-28;/h3-10,20,23-24H,11-17,27H2,1-2H3;1H/q+1;/t20-,23-,24-,30?;/m0./s1. The average molecular weight is 566 g/mol. The molecule has 4 rings (SSSR count). The van der Waals surface area contributed by atoms with E-state index in [1.165, 1.54) is 12.1 Å². The largest absolute Gasteiger partial charge is 0.516 e. The number of hydrogen-bond acceptors (Lipinski definition) is 8. The van der Waals surface area contributed by atoms with Crippen molar-refractivity contribution in [3.8, 4) is 5.75 Å². The van der Waals surface area contributed by atoms with Gasteiger partial charge in [0.25, 0.3) is 11.6 Å². The summed E-state index contributed by atoms with van der Waals surface area (Å²) in [5, 5.41) is 11.0. The summed E-state index contributed by atoms with van der Waals surface area (Å²) in [5.74, 6) is 1.49. The van der Waals surface area contributed by atoms with E-state index in [2.05, 4.69) is 0 Å². The molecule has 38 heavy (non-hydrogen) atoms. The lowest BCUT2D eigenvalue weighted by Gasteiger charge is -2.33. The number of nitro benzene ring substituents is 1. The van der Waals surface area contributed by atoms with E-state index in [9.17, 15) is 19.7 Å². The van der Waals surface area contributed by atoms with Crippen molar-refractivity contribution in [3.05, 3.63) is 69.8 Å². The minimum absolute atomic E-state index is 0. The van der Waals surface area contributed by atoms with E-state index in [0.717, 1.165) is 23.5 Å². The van der Waals surface area contributed by atoms with Crippen molar-refractivity contribution < 1.29 is 28.5 Å². The Morgan fingerprint density at radius 1 is 1.16 bits per heavy atom. The Hall–Kier alpha value is -2.86. The van der Waals surface area contributed by atoms with Crippen LogP contribution in [0.4, 0.5) is 10.5 Å². The van der Waals surface area contributed by atoms with Crippen molar-refractivity contribution >= 4 is 41.9 Å². The molecule has 1 unspecified atom stereocenters. The molecule has 2 aromatic carbocycles. The van der Waals surface area contributed by atoms with Crippen molar-refractivity contribution in [3.63, 3.8) is 0 Å². The molecule has 2 aromatic rings. The number of methoxy groups -OCH3 is 1. The van der Waals surface area contributed by atoms with Crippen LogP contribution in [0.25, 0.3) is 0 Å². The lowest BCUT2D eigenvalue weighted by molar-refractivity contribution is -0.841. The topological polar surface area (TPSA) is 125 Å². The number of halogens is 1. The van der Waals surface area contributed by atoms with Crippen molar-refractivity contribution in [2.24, 2.45) is 5.73 Å². The van der Waals surface area contributed by atoms with Gasteiger partial charge in [0.05, 0.1) is 24.3 Å². The number of thioether (sulfide) groups is 1. The lowest BCUT2D eigenvalue weighted by Crippen LogP contribution is -2.59. The first-order valence-corrected chi connectivity index (χ1v) is 13.3. The van der Waals surface area contributed by atoms with Gasteiger partial charge in [-0.15, -0.1) is 24.2 Å². The zero-order valence-electron chi connectivity index (χ0n) is 21.5. The van der Waals surface area contributed by atoms with Gasteiger partial charge in [-0.05, 0) is 41.8 Å². The third-order valence-electron chi connectivity index (χ3n) is 7.15. The summed E-state index contributed by atoms with van der Waals surface area (Å²) >= 11 is 1.73. The molecule has 0 bridgehead atoms. The molecule has 0 radical (unpaired) electrons. The summed E-state index contributed by atoms with van der Waals surface area (Å²) in [7, 11) is 3.40. The fourth-order valence-electron chi connectivity index (χ4n) is 4.91. The maximum atomic E-state index is 13.5. The molecule has 4 atom stereocenters. The van der Waals surface area contributed by atoms with Crippen LogP contribution in [0.1, 0.15) is 24.0 Å². The molecule has 2 saturated heterocycles. The van der Waals surface area contributed by atoms with Crippen LogP contribution >= 0.6 is 24.2 Å². The number of hydrogen-bond donors (Lipinski definition) is 1. The van der Waals surface area contributed by atoms with Gasteiger partial charge in [-0.2, -0.15) is 4.79 Å². The Morgan fingerprint density at radius 2 is 1.82 bits per heavy atom. The van der Waals surface area contributed by atoms with Gasteiger partial charge in [0.15, 0.2) is 6.04 Å². The molecule has 2 N–H and O–H groups in total. The van der Waals surface area contributed by atoms with Gasteiger partial charge in [-0.1, -0.05) is 12.1 Å². The molecular formula is C26H34ClN4O6S+. The maximum absolute atomic E-state index is 13.5. The number of rotatable bonds is 8. The number of benzene rings is 2. The second-order valence-electron chi connectivity index (χ2n) is 9.79. The molecule has 10 nitrogen and oxygen atoms in total. The molecule has 2 heterocycles. The van der Waals surface area contributed by atoms with E-state index in [1.807, 2.05) is 24.3 Å². The van der Waals surface area contributed by atoms with E-state index in [0.29, 0.717) is 31.6 Å². The molecule has 0 aliphatic carbocycles. The normalized spacial score (nSPS) is 24.5. The number of nitrogens with two attached hydrogens (primary N) is 1. The Labute approximate surface area is 232 Å². The van der Waals surface area contributed by atoms with Crippen molar-refractivity contribution in [2.75, 3.05) is 33.8 Å². The van der Waals surface area contributed by atoms with Crippen LogP contribution in [0.15, 0.2) is 48.5 Å². The molecule has 206 valence electrons. The van der Waals surface area contributed by atoms with Crippen LogP contribution in [0.5, 0.6) is 5.75 Å². The average Bonchev–Trinajstić information content (AvgIpc) is 3.49. The Morgan fingerprint density at radius 3 is 2.39 bits per heavy atom. The molecule has 12 heteroatoms. The number of non-ortho nitro benzene ring substituents is 1. The lowest BCUT2D eigenvalue weighted by atomic mass is 10.1. The Bertz CT molecular complexity index is 1140. The second-order valence-corrected chi connectivity index (χ2v) is 11.1. The first-order chi connectivity index (χ1) is 17.7. The summed E-state index contributed by atoms with van der Waals surface area (Å²) < 4.78 is 10.7. The molecule has 2 aliphatic rings. The predicted octanol–water partition coefficient (Wildman–Crippen LogP) is 3.74. The van der Waals surface area contributed by atoms with E-state index in [-0.39, 0.29) is 46.4 Å². The van der Waals surface area contributed by atoms with Crippen LogP contribution < -0.4 is 10.5 Å². The minimum atomic E-state index is -0.553. The highest BCUT2D eigenvalue weighted by molar-refractivity contribution is 7.99. The van der Waals surface area contributed by atoms with Gasteiger partial charge < -0.3 is 20.1 Å². The molecule has 2 fully saturated rings. The summed E-state index contributed by atoms with van der Waals surface area (Å²) in [4.78, 5) is 39.1. The van der Waals surface area contributed by atoms with Gasteiger partial charge in [0, 0.05) is 43.4 Å². The SMILES string of the molecule is COc1ccc(CS[C@H]2C[C@@H](C(=O)N3CC[C@H](N)C3)[N+](C)(C(=O)OCc3ccc([N+](=O)[O-])cc3)C2)cc1.Cl. The van der Waals surface area contributed by atoms with E-state index >= 15 is 0 Å². The van der Waals surface area contributed by atoms with Crippen LogP contribution in [-0.4, -0.2) is 77.4 Å². The zero-order valence-corrected chi connectivity index (χ0v) is 23.1. The maximum Gasteiger partial charge on any atom is 0.516 e. The zero-order chi connectivity index (χ0) is 26.6. The molecule has 0 saturated carbocycles. The van der Waals surface area contributed by atoms with E-state index in [1.54, 1.807) is 43.0 Å². The first kappa shape index (κ1) is 29.7. The van der Waals surface area contributed by atoms with Gasteiger partial charge in [0.2, 0.25) is 0 Å². The molecular weight excluding hydrogens is 532 g/mol. The van der Waals surface area contributed by atoms with E-state index < -0.39 is 17.1 Å². The third-order valence-corrected chi connectivity index (χ3v) is 8.46. The fourth-order valence-corrected chi connectivity index (χ4v) is 6.27. The van der Waals surface area contributed by atoms with Gasteiger partial charge in [-0.3, -0.25) is 14.9 Å². The smallest absolute Gasteiger partial charge is 0.497 e. The summed E-state index contributed by atoms with van der Waals surface area (Å²) in [5.41, 5.74) is 7.80. The molecule has 2 amide bonds. The second kappa shape index (κ2) is 12.8. The Balaban J connectivity index is 0.00000400. The van der Waals surface area contributed by atoms with Gasteiger partial charge in [0.1, 0.15) is 18.9 Å². The predicted molar refractivity (Wildman–Crippen MR) is 147 cm³/mol. The number of amides is 2. The number of likely N-dealkylation sites (N-methyl/N-ethyl adjacent to an activating group) is 1. The van der Waals surface area contributed by atoms with Gasteiger partial charge >= 0.3 is 6.09 Å². The summed E-state index contributed by atoms with van der Waals surface area (Å²) in [6, 6.07) is 13.2. The monoisotopic (exact) mass is 565 g/mol. The number of carbonyl (C=O) groups is 2. The summed E-state index contributed by atoms with van der Waals surface area (Å²) in [6.07, 6.45) is 0.837. The Kier molecular flexibility index (Phi) is 10.00. The number of nitrogens with zero attached hydrogens (tertiary/aromatic N) is 3. The highest BCUT2D eigenvalue weighted by Crippen LogP contribution is 2.36. The van der Waals surface area contributed by atoms with Crippen LogP contribution in [0, 0.1) is 10.1 Å². The van der Waals surface area contributed by atoms with Crippen LogP contribution in [-0.2, 0) is 21.9 Å². The summed E-state index contributed by atoms with van der Waals surface area (Å²) in [6.45, 7) is 1.54. The fraction of sp³-hybridized carbons (Fsp3) is 0.462. The minimum Gasteiger partial charge on any atom is -0.497 e. The highest BCUT2D eigenvalue weighted by Gasteiger charge is 2.55. The highest BCUT2D eigenvalue weighted by atomic mass is 35.5. The number of carbonyl (C=O) groups excluding carboxylic acids is 2. The molecule has 0 aromatic heterocycles. The third kappa shape index (κ3) is 6.76. The molecule has 2 aliphatic heterocycles. The molecule has 0 spiro atoms. The first-order valence-electron chi connectivity index (χ1n) is 12.2. The number of quaternary nitrogens is 1. The van der Waals surface area contributed by atoms with Crippen LogP contribution in [0.3, 0.4) is 0 Å². The van der Waals surface area contributed by atoms with E-state index in [4.69, 9.17) is 15.2 Å².